The number of hydrogen-bond acceptors (Lipinski definition) is 5. The minimum absolute atomic E-state index is 0.0380. The molecule has 3 aromatic carbocycles. The van der Waals surface area contributed by atoms with Crippen LogP contribution < -0.4 is 19.5 Å². The number of rotatable bonds is 5. The van der Waals surface area contributed by atoms with Gasteiger partial charge in [0.05, 0.1) is 15.6 Å². The van der Waals surface area contributed by atoms with E-state index in [0.29, 0.717) is 17.2 Å². The van der Waals surface area contributed by atoms with E-state index in [1.807, 2.05) is 0 Å². The lowest BCUT2D eigenvalue weighted by Crippen LogP contribution is -2.17. The van der Waals surface area contributed by atoms with Crippen molar-refractivity contribution in [1.29, 1.82) is 0 Å². The van der Waals surface area contributed by atoms with Crippen LogP contribution in [0.1, 0.15) is 10.4 Å². The summed E-state index contributed by atoms with van der Waals surface area (Å²) < 4.78 is 51.4. The second kappa shape index (κ2) is 8.26. The predicted octanol–water partition coefficient (Wildman–Crippen LogP) is 4.91. The molecule has 1 heterocycles. The van der Waals surface area contributed by atoms with Gasteiger partial charge in [0.2, 0.25) is 6.79 Å². The number of hydrogen-bond donors (Lipinski definition) is 2. The van der Waals surface area contributed by atoms with Crippen molar-refractivity contribution in [3.8, 4) is 11.5 Å². The summed E-state index contributed by atoms with van der Waals surface area (Å²) in [4.78, 5) is 12.4. The topological polar surface area (TPSA) is 93.7 Å². The Labute approximate surface area is 186 Å². The van der Waals surface area contributed by atoms with E-state index in [1.54, 1.807) is 18.2 Å². The summed E-state index contributed by atoms with van der Waals surface area (Å²) in [6.07, 6.45) is 0. The van der Waals surface area contributed by atoms with Crippen LogP contribution >= 0.6 is 23.2 Å². The van der Waals surface area contributed by atoms with Crippen LogP contribution in [0.4, 0.5) is 15.8 Å². The van der Waals surface area contributed by atoms with Crippen molar-refractivity contribution in [3.05, 3.63) is 76.0 Å². The van der Waals surface area contributed by atoms with Crippen molar-refractivity contribution in [2.45, 2.75) is 4.90 Å². The van der Waals surface area contributed by atoms with Gasteiger partial charge in [0.1, 0.15) is 10.7 Å². The van der Waals surface area contributed by atoms with Crippen molar-refractivity contribution in [2.24, 2.45) is 0 Å². The summed E-state index contributed by atoms with van der Waals surface area (Å²) in [6.45, 7) is 0.0814. The molecule has 0 atom stereocenters. The molecule has 0 bridgehead atoms. The molecule has 3 aromatic rings. The zero-order valence-electron chi connectivity index (χ0n) is 15.5. The van der Waals surface area contributed by atoms with Gasteiger partial charge in [-0.2, -0.15) is 0 Å². The normalized spacial score (nSPS) is 12.5. The lowest BCUT2D eigenvalue weighted by Gasteiger charge is -2.13. The molecule has 0 saturated carbocycles. The molecular weight excluding hydrogens is 470 g/mol. The van der Waals surface area contributed by atoms with Gasteiger partial charge in [-0.1, -0.05) is 23.2 Å². The maximum atomic E-state index is 13.1. The highest BCUT2D eigenvalue weighted by Gasteiger charge is 2.23. The van der Waals surface area contributed by atoms with E-state index in [1.165, 1.54) is 12.1 Å². The zero-order valence-corrected chi connectivity index (χ0v) is 17.8. The monoisotopic (exact) mass is 482 g/mol. The van der Waals surface area contributed by atoms with E-state index in [2.05, 4.69) is 10.0 Å². The first-order chi connectivity index (χ1) is 14.7. The quantitative estimate of drug-likeness (QED) is 0.538. The molecule has 0 radical (unpaired) electrons. The number of anilines is 2. The van der Waals surface area contributed by atoms with E-state index < -0.39 is 21.7 Å². The fourth-order valence-corrected chi connectivity index (χ4v) is 4.73. The third-order valence-electron chi connectivity index (χ3n) is 4.28. The van der Waals surface area contributed by atoms with Crippen LogP contribution in [-0.4, -0.2) is 21.1 Å². The summed E-state index contributed by atoms with van der Waals surface area (Å²) in [5.74, 6) is -0.164. The van der Waals surface area contributed by atoms with Gasteiger partial charge in [0, 0.05) is 17.4 Å². The fraction of sp³-hybridized carbons (Fsp3) is 0.0500. The second-order valence-corrected chi connectivity index (χ2v) is 8.86. The van der Waals surface area contributed by atoms with Gasteiger partial charge in [-0.25, -0.2) is 12.8 Å². The average Bonchev–Trinajstić information content (AvgIpc) is 3.17. The van der Waals surface area contributed by atoms with Gasteiger partial charge in [0.15, 0.2) is 11.5 Å². The highest BCUT2D eigenvalue weighted by molar-refractivity contribution is 7.92. The average molecular weight is 483 g/mol. The minimum Gasteiger partial charge on any atom is -0.454 e. The molecule has 2 N–H and O–H groups in total. The van der Waals surface area contributed by atoms with E-state index >= 15 is 0 Å². The summed E-state index contributed by atoms with van der Waals surface area (Å²) >= 11 is 12.2. The van der Waals surface area contributed by atoms with Gasteiger partial charge in [0.25, 0.3) is 15.9 Å². The Hall–Kier alpha value is -3.01. The third kappa shape index (κ3) is 4.53. The van der Waals surface area contributed by atoms with Crippen LogP contribution in [0.25, 0.3) is 0 Å². The Morgan fingerprint density at radius 2 is 1.58 bits per heavy atom. The summed E-state index contributed by atoms with van der Waals surface area (Å²) in [7, 11) is -4.19. The number of carbonyl (C=O) groups excluding carboxylic acids is 1. The molecular formula is C20H13Cl2FN2O5S. The van der Waals surface area contributed by atoms with Gasteiger partial charge < -0.3 is 14.8 Å². The van der Waals surface area contributed by atoms with Crippen LogP contribution in [0.2, 0.25) is 10.0 Å². The molecule has 0 aromatic heterocycles. The van der Waals surface area contributed by atoms with E-state index in [4.69, 9.17) is 32.7 Å². The fourth-order valence-electron chi connectivity index (χ4n) is 2.81. The van der Waals surface area contributed by atoms with Gasteiger partial charge in [-0.05, 0) is 48.5 Å². The van der Waals surface area contributed by atoms with E-state index in [9.17, 15) is 17.6 Å². The third-order valence-corrected chi connectivity index (χ3v) is 6.44. The van der Waals surface area contributed by atoms with Crippen molar-refractivity contribution >= 4 is 50.5 Å². The summed E-state index contributed by atoms with van der Waals surface area (Å²) in [5, 5.41) is 2.40. The van der Waals surface area contributed by atoms with E-state index in [0.717, 1.165) is 24.3 Å². The van der Waals surface area contributed by atoms with Crippen LogP contribution in [0.5, 0.6) is 11.5 Å². The zero-order chi connectivity index (χ0) is 22.2. The van der Waals surface area contributed by atoms with Gasteiger partial charge >= 0.3 is 0 Å². The van der Waals surface area contributed by atoms with Crippen molar-refractivity contribution in [2.75, 3.05) is 16.8 Å². The Morgan fingerprint density at radius 3 is 2.32 bits per heavy atom. The number of nitrogens with one attached hydrogen (secondary N) is 2. The van der Waals surface area contributed by atoms with Gasteiger partial charge in [-0.3, -0.25) is 9.52 Å². The lowest BCUT2D eigenvalue weighted by atomic mass is 10.2. The molecule has 11 heteroatoms. The van der Waals surface area contributed by atoms with Crippen LogP contribution in [-0.2, 0) is 10.0 Å². The van der Waals surface area contributed by atoms with Gasteiger partial charge in [-0.15, -0.1) is 0 Å². The Morgan fingerprint density at radius 1 is 0.903 bits per heavy atom. The molecule has 160 valence electrons. The van der Waals surface area contributed by atoms with Crippen LogP contribution in [0.15, 0.2) is 59.5 Å². The van der Waals surface area contributed by atoms with Crippen LogP contribution in [0.3, 0.4) is 0 Å². The first-order valence-electron chi connectivity index (χ1n) is 8.71. The molecule has 4 rings (SSSR count). The van der Waals surface area contributed by atoms with Crippen molar-refractivity contribution in [3.63, 3.8) is 0 Å². The number of halogens is 3. The lowest BCUT2D eigenvalue weighted by molar-refractivity contribution is 0.102. The van der Waals surface area contributed by atoms with Crippen LogP contribution in [0, 0.1) is 5.82 Å². The highest BCUT2D eigenvalue weighted by Crippen LogP contribution is 2.35. The summed E-state index contributed by atoms with van der Waals surface area (Å²) in [6, 6.07) is 11.7. The highest BCUT2D eigenvalue weighted by atomic mass is 35.5. The molecule has 1 amide bonds. The largest absolute Gasteiger partial charge is 0.454 e. The molecule has 1 aliphatic rings. The first kappa shape index (κ1) is 21.2. The van der Waals surface area contributed by atoms with Crippen molar-refractivity contribution in [1.82, 2.24) is 0 Å². The number of carbonyl (C=O) groups is 1. The number of sulfonamides is 1. The Kier molecular flexibility index (Phi) is 5.65. The van der Waals surface area contributed by atoms with Crippen molar-refractivity contribution < 1.29 is 27.1 Å². The number of ether oxygens (including phenoxy) is 2. The molecule has 0 spiro atoms. The number of fused-ring (bicyclic) bond motifs is 1. The predicted molar refractivity (Wildman–Crippen MR) is 114 cm³/mol. The Bertz CT molecular complexity index is 1280. The summed E-state index contributed by atoms with van der Waals surface area (Å²) in [5.41, 5.74) is 0.413. The minimum atomic E-state index is -4.19. The maximum Gasteiger partial charge on any atom is 0.263 e. The Balaban J connectivity index is 1.62. The first-order valence-corrected chi connectivity index (χ1v) is 11.0. The van der Waals surface area contributed by atoms with E-state index in [-0.39, 0.29) is 33.0 Å². The molecule has 0 saturated heterocycles. The maximum absolute atomic E-state index is 13.1. The number of benzene rings is 3. The molecule has 1 aliphatic heterocycles. The molecule has 7 nitrogen and oxygen atoms in total. The molecule has 0 aliphatic carbocycles. The molecule has 0 unspecified atom stereocenters. The SMILES string of the molecule is O=C(Nc1ccc2c(c1)OCO2)c1cc(S(=O)(=O)Nc2ccc(F)cc2)c(Cl)cc1Cl. The second-order valence-electron chi connectivity index (χ2n) is 6.40. The standard InChI is InChI=1S/C20H13Cl2FN2O5S/c21-15-9-16(22)19(31(27,28)25-12-3-1-11(23)2-4-12)8-14(15)20(26)24-13-5-6-17-18(7-13)30-10-29-17/h1-9,25H,10H2,(H,24,26). The molecule has 31 heavy (non-hydrogen) atoms. The molecule has 0 fully saturated rings. The smallest absolute Gasteiger partial charge is 0.263 e. The number of amides is 1.